The van der Waals surface area contributed by atoms with Gasteiger partial charge in [0.05, 0.1) is 13.2 Å². The largest absolute Gasteiger partial charge is 0.461 e. The first kappa shape index (κ1) is 12.1. The number of esters is 1. The summed E-state index contributed by atoms with van der Waals surface area (Å²) >= 11 is 1.44. The molecule has 100 valence electrons. The smallest absolute Gasteiger partial charge is 0.357 e. The molecule has 0 saturated heterocycles. The summed E-state index contributed by atoms with van der Waals surface area (Å²) in [6.45, 7) is 4.47. The molecule has 0 radical (unpaired) electrons. The molecule has 0 aliphatic carbocycles. The fourth-order valence-corrected chi connectivity index (χ4v) is 2.76. The first-order chi connectivity index (χ1) is 9.28. The van der Waals surface area contributed by atoms with Crippen LogP contribution in [-0.4, -0.2) is 38.9 Å². The number of nitrogens with zero attached hydrogens (tertiary/aromatic N) is 5. The summed E-state index contributed by atoms with van der Waals surface area (Å²) in [6.07, 6.45) is 1.73. The van der Waals surface area contributed by atoms with Crippen molar-refractivity contribution < 1.29 is 9.53 Å². The molecule has 0 atom stereocenters. The number of hydrogen-bond acceptors (Lipinski definition) is 7. The number of fused-ring (bicyclic) bond motifs is 1. The lowest BCUT2D eigenvalue weighted by molar-refractivity contribution is 0.0520. The molecule has 3 heterocycles. The predicted molar refractivity (Wildman–Crippen MR) is 69.1 cm³/mol. The van der Waals surface area contributed by atoms with Gasteiger partial charge >= 0.3 is 5.97 Å². The molecule has 3 rings (SSSR count). The maximum atomic E-state index is 11.6. The summed E-state index contributed by atoms with van der Waals surface area (Å²) < 4.78 is 6.96. The maximum Gasteiger partial charge on any atom is 0.357 e. The molecule has 2 aromatic rings. The standard InChI is InChI=1S/C11H13N5O2S/c1-2-18-10(17)8-6-19-11(13-8)15-3-4-16-7-12-14-9(16)5-15/h6-7H,2-5H2,1H3. The van der Waals surface area contributed by atoms with Gasteiger partial charge in [0.15, 0.2) is 16.6 Å². The molecule has 1 aliphatic rings. The molecular formula is C11H13N5O2S. The summed E-state index contributed by atoms with van der Waals surface area (Å²) in [5.74, 6) is 0.546. The normalized spacial score (nSPS) is 14.3. The van der Waals surface area contributed by atoms with Gasteiger partial charge in [-0.2, -0.15) is 0 Å². The van der Waals surface area contributed by atoms with E-state index >= 15 is 0 Å². The minimum atomic E-state index is -0.370. The summed E-state index contributed by atoms with van der Waals surface area (Å²) in [5, 5.41) is 10.5. The van der Waals surface area contributed by atoms with Crippen molar-refractivity contribution in [1.82, 2.24) is 19.7 Å². The number of hydrogen-bond donors (Lipinski definition) is 0. The zero-order chi connectivity index (χ0) is 13.2. The van der Waals surface area contributed by atoms with Crippen LogP contribution in [0.1, 0.15) is 23.2 Å². The Balaban J connectivity index is 1.75. The van der Waals surface area contributed by atoms with Gasteiger partial charge in [-0.3, -0.25) is 0 Å². The van der Waals surface area contributed by atoms with E-state index < -0.39 is 0 Å². The summed E-state index contributed by atoms with van der Waals surface area (Å²) in [7, 11) is 0. The van der Waals surface area contributed by atoms with Gasteiger partial charge in [-0.05, 0) is 6.92 Å². The molecule has 0 spiro atoms. The van der Waals surface area contributed by atoms with Gasteiger partial charge in [0.1, 0.15) is 6.33 Å². The van der Waals surface area contributed by atoms with Gasteiger partial charge in [0.25, 0.3) is 0 Å². The molecule has 0 bridgehead atoms. The Kier molecular flexibility index (Phi) is 3.16. The average molecular weight is 279 g/mol. The van der Waals surface area contributed by atoms with Crippen LogP contribution in [0.15, 0.2) is 11.7 Å². The van der Waals surface area contributed by atoms with Crippen LogP contribution >= 0.6 is 11.3 Å². The average Bonchev–Trinajstić information content (AvgIpc) is 3.07. The number of rotatable bonds is 3. The topological polar surface area (TPSA) is 73.1 Å². The number of aromatic nitrogens is 4. The van der Waals surface area contributed by atoms with Gasteiger partial charge in [0.2, 0.25) is 0 Å². The maximum absolute atomic E-state index is 11.6. The van der Waals surface area contributed by atoms with Gasteiger partial charge < -0.3 is 14.2 Å². The first-order valence-corrected chi connectivity index (χ1v) is 6.90. The van der Waals surface area contributed by atoms with Crippen molar-refractivity contribution in [3.63, 3.8) is 0 Å². The van der Waals surface area contributed by atoms with E-state index in [0.29, 0.717) is 18.8 Å². The zero-order valence-corrected chi connectivity index (χ0v) is 11.3. The minimum absolute atomic E-state index is 0.360. The Morgan fingerprint density at radius 2 is 2.42 bits per heavy atom. The second kappa shape index (κ2) is 4.96. The molecule has 0 unspecified atom stereocenters. The van der Waals surface area contributed by atoms with Crippen LogP contribution < -0.4 is 4.90 Å². The highest BCUT2D eigenvalue weighted by molar-refractivity contribution is 7.13. The van der Waals surface area contributed by atoms with E-state index in [9.17, 15) is 4.79 Å². The number of ether oxygens (including phenoxy) is 1. The Hall–Kier alpha value is -1.96. The van der Waals surface area contributed by atoms with E-state index in [1.54, 1.807) is 18.6 Å². The molecular weight excluding hydrogens is 266 g/mol. The molecule has 0 N–H and O–H groups in total. The van der Waals surface area contributed by atoms with Gasteiger partial charge in [-0.1, -0.05) is 0 Å². The minimum Gasteiger partial charge on any atom is -0.461 e. The third-order valence-electron chi connectivity index (χ3n) is 2.89. The lowest BCUT2D eigenvalue weighted by Crippen LogP contribution is -2.33. The molecule has 0 fully saturated rings. The van der Waals surface area contributed by atoms with E-state index in [2.05, 4.69) is 20.1 Å². The Morgan fingerprint density at radius 3 is 3.26 bits per heavy atom. The molecule has 0 aromatic carbocycles. The Labute approximate surface area is 113 Å². The van der Waals surface area contributed by atoms with Gasteiger partial charge in [0, 0.05) is 18.5 Å². The van der Waals surface area contributed by atoms with E-state index in [1.165, 1.54) is 11.3 Å². The van der Waals surface area contributed by atoms with E-state index in [-0.39, 0.29) is 5.97 Å². The SMILES string of the molecule is CCOC(=O)c1csc(N2CCn3cnnc3C2)n1. The number of carbonyl (C=O) groups is 1. The number of carbonyl (C=O) groups excluding carboxylic acids is 1. The van der Waals surface area contributed by atoms with Crippen molar-refractivity contribution in [2.45, 2.75) is 20.0 Å². The molecule has 1 aliphatic heterocycles. The molecule has 19 heavy (non-hydrogen) atoms. The second-order valence-corrected chi connectivity index (χ2v) is 4.93. The van der Waals surface area contributed by atoms with Gasteiger partial charge in [-0.15, -0.1) is 21.5 Å². The van der Waals surface area contributed by atoms with Crippen LogP contribution in [0, 0.1) is 0 Å². The monoisotopic (exact) mass is 279 g/mol. The molecule has 8 heteroatoms. The third kappa shape index (κ3) is 2.30. The molecule has 0 amide bonds. The van der Waals surface area contributed by atoms with E-state index in [0.717, 1.165) is 24.0 Å². The van der Waals surface area contributed by atoms with Crippen molar-refractivity contribution in [3.8, 4) is 0 Å². The summed E-state index contributed by atoms with van der Waals surface area (Å²) in [5.41, 5.74) is 0.369. The van der Waals surface area contributed by atoms with Crippen molar-refractivity contribution >= 4 is 22.4 Å². The lowest BCUT2D eigenvalue weighted by Gasteiger charge is -2.26. The molecule has 7 nitrogen and oxygen atoms in total. The highest BCUT2D eigenvalue weighted by atomic mass is 32.1. The van der Waals surface area contributed by atoms with Crippen molar-refractivity contribution in [2.75, 3.05) is 18.1 Å². The van der Waals surface area contributed by atoms with Gasteiger partial charge in [-0.25, -0.2) is 9.78 Å². The quantitative estimate of drug-likeness (QED) is 0.778. The fourth-order valence-electron chi connectivity index (χ4n) is 1.94. The van der Waals surface area contributed by atoms with Crippen molar-refractivity contribution in [3.05, 3.63) is 23.2 Å². The van der Waals surface area contributed by atoms with Crippen LogP contribution in [-0.2, 0) is 17.8 Å². The number of anilines is 1. The predicted octanol–water partition coefficient (Wildman–Crippen LogP) is 0.931. The first-order valence-electron chi connectivity index (χ1n) is 6.02. The molecule has 0 saturated carbocycles. The van der Waals surface area contributed by atoms with Crippen LogP contribution in [0.3, 0.4) is 0 Å². The van der Waals surface area contributed by atoms with Crippen LogP contribution in [0.5, 0.6) is 0 Å². The second-order valence-electron chi connectivity index (χ2n) is 4.10. The Morgan fingerprint density at radius 1 is 1.53 bits per heavy atom. The Bertz CT molecular complexity index is 593. The van der Waals surface area contributed by atoms with E-state index in [4.69, 9.17) is 4.74 Å². The van der Waals surface area contributed by atoms with Crippen LogP contribution in [0.2, 0.25) is 0 Å². The van der Waals surface area contributed by atoms with Crippen LogP contribution in [0.4, 0.5) is 5.13 Å². The number of thiazole rings is 1. The highest BCUT2D eigenvalue weighted by Gasteiger charge is 2.21. The van der Waals surface area contributed by atoms with Crippen LogP contribution in [0.25, 0.3) is 0 Å². The zero-order valence-electron chi connectivity index (χ0n) is 10.4. The summed E-state index contributed by atoms with van der Waals surface area (Å²) in [4.78, 5) is 18.0. The highest BCUT2D eigenvalue weighted by Crippen LogP contribution is 2.24. The van der Waals surface area contributed by atoms with E-state index in [1.807, 2.05) is 4.57 Å². The van der Waals surface area contributed by atoms with Crippen molar-refractivity contribution in [1.29, 1.82) is 0 Å². The third-order valence-corrected chi connectivity index (χ3v) is 3.79. The van der Waals surface area contributed by atoms with Crippen molar-refractivity contribution in [2.24, 2.45) is 0 Å². The summed E-state index contributed by atoms with van der Waals surface area (Å²) in [6, 6.07) is 0. The fraction of sp³-hybridized carbons (Fsp3) is 0.455. The lowest BCUT2D eigenvalue weighted by atomic mass is 10.4. The molecule has 2 aromatic heterocycles.